The van der Waals surface area contributed by atoms with E-state index in [0.717, 1.165) is 0 Å². The molecule has 0 aliphatic carbocycles. The molecule has 3 heterocycles. The minimum Gasteiger partial charge on any atom is -0.437 e. The van der Waals surface area contributed by atoms with Crippen LogP contribution in [0.2, 0.25) is 0 Å². The van der Waals surface area contributed by atoms with Gasteiger partial charge in [-0.25, -0.2) is 26.7 Å². The Bertz CT molecular complexity index is 1150. The van der Waals surface area contributed by atoms with Crippen molar-refractivity contribution >= 4 is 28.7 Å². The van der Waals surface area contributed by atoms with Crippen LogP contribution in [0, 0.1) is 5.82 Å². The number of hydrogen-bond acceptors (Lipinski definition) is 5. The van der Waals surface area contributed by atoms with Crippen molar-refractivity contribution in [2.75, 3.05) is 37.0 Å². The molecule has 1 aromatic carbocycles. The Kier molecular flexibility index (Phi) is 7.81. The SMILES string of the molecule is CC(=O)N1CCN(S(=O)N(Cc2ccc(C3=NCC=C(C(F)F)O3)cc2F)c2cccnc2)CC1. The third-order valence-corrected chi connectivity index (χ3v) is 7.12. The first-order valence-corrected chi connectivity index (χ1v) is 12.0. The lowest BCUT2D eigenvalue weighted by Crippen LogP contribution is -2.51. The van der Waals surface area contributed by atoms with Gasteiger partial charge in [0.05, 0.1) is 25.0 Å². The number of aromatic nitrogens is 1. The number of rotatable bonds is 7. The number of ether oxygens (including phenoxy) is 1. The van der Waals surface area contributed by atoms with Crippen molar-refractivity contribution in [2.45, 2.75) is 19.9 Å². The number of piperazine rings is 1. The molecule has 0 radical (unpaired) electrons. The summed E-state index contributed by atoms with van der Waals surface area (Å²) in [6.07, 6.45) is 1.51. The molecule has 1 aromatic heterocycles. The molecule has 186 valence electrons. The lowest BCUT2D eigenvalue weighted by Gasteiger charge is -2.36. The molecule has 35 heavy (non-hydrogen) atoms. The normalized spacial score (nSPS) is 17.5. The number of allylic oxidation sites excluding steroid dienone is 1. The Labute approximate surface area is 203 Å². The largest absolute Gasteiger partial charge is 0.437 e. The topological polar surface area (TPSA) is 78.3 Å². The Morgan fingerprint density at radius 2 is 2.00 bits per heavy atom. The Hall–Kier alpha value is -3.25. The van der Waals surface area contributed by atoms with Gasteiger partial charge >= 0.3 is 0 Å². The van der Waals surface area contributed by atoms with Gasteiger partial charge in [0.15, 0.2) is 16.9 Å². The summed E-state index contributed by atoms with van der Waals surface area (Å²) in [4.78, 5) is 21.4. The fourth-order valence-corrected chi connectivity index (χ4v) is 4.98. The maximum atomic E-state index is 15.1. The maximum Gasteiger partial charge on any atom is 0.295 e. The molecule has 0 saturated carbocycles. The Balaban J connectivity index is 1.53. The summed E-state index contributed by atoms with van der Waals surface area (Å²) in [6.45, 7) is 3.18. The number of carbonyl (C=O) groups is 1. The molecule has 8 nitrogen and oxygen atoms in total. The van der Waals surface area contributed by atoms with Crippen LogP contribution in [0.25, 0.3) is 0 Å². The third kappa shape index (κ3) is 5.88. The fourth-order valence-electron chi connectivity index (χ4n) is 3.69. The van der Waals surface area contributed by atoms with E-state index < -0.39 is 29.2 Å². The predicted octanol–water partition coefficient (Wildman–Crippen LogP) is 2.90. The zero-order valence-electron chi connectivity index (χ0n) is 18.9. The zero-order valence-corrected chi connectivity index (χ0v) is 19.8. The highest BCUT2D eigenvalue weighted by Gasteiger charge is 2.28. The molecule has 12 heteroatoms. The number of anilines is 1. The molecule has 4 rings (SSSR count). The first-order valence-electron chi connectivity index (χ1n) is 10.9. The highest BCUT2D eigenvalue weighted by Crippen LogP contribution is 2.24. The van der Waals surface area contributed by atoms with Crippen LogP contribution in [0.4, 0.5) is 18.9 Å². The highest BCUT2D eigenvalue weighted by molar-refractivity contribution is 7.84. The van der Waals surface area contributed by atoms with Crippen molar-refractivity contribution < 1.29 is 26.9 Å². The van der Waals surface area contributed by atoms with Gasteiger partial charge in [-0.05, 0) is 30.3 Å². The van der Waals surface area contributed by atoms with E-state index in [-0.39, 0.29) is 36.0 Å². The second-order valence-electron chi connectivity index (χ2n) is 7.87. The van der Waals surface area contributed by atoms with E-state index in [1.807, 2.05) is 0 Å². The van der Waals surface area contributed by atoms with Gasteiger partial charge < -0.3 is 9.64 Å². The molecule has 0 N–H and O–H groups in total. The number of benzene rings is 1. The number of amides is 1. The van der Waals surface area contributed by atoms with Crippen LogP contribution in [-0.2, 0) is 27.2 Å². The molecule has 1 saturated heterocycles. The number of halogens is 3. The predicted molar refractivity (Wildman–Crippen MR) is 125 cm³/mol. The van der Waals surface area contributed by atoms with E-state index in [9.17, 15) is 17.8 Å². The number of hydrogen-bond donors (Lipinski definition) is 0. The van der Waals surface area contributed by atoms with Crippen molar-refractivity contribution in [2.24, 2.45) is 4.99 Å². The van der Waals surface area contributed by atoms with Crippen molar-refractivity contribution in [1.29, 1.82) is 0 Å². The summed E-state index contributed by atoms with van der Waals surface area (Å²) >= 11 is -1.67. The smallest absolute Gasteiger partial charge is 0.295 e. The minimum absolute atomic E-state index is 0.0169. The van der Waals surface area contributed by atoms with Gasteiger partial charge in [0.1, 0.15) is 5.82 Å². The van der Waals surface area contributed by atoms with Crippen LogP contribution in [0.5, 0.6) is 0 Å². The van der Waals surface area contributed by atoms with Crippen LogP contribution in [0.15, 0.2) is 59.6 Å². The molecule has 2 aliphatic rings. The van der Waals surface area contributed by atoms with Gasteiger partial charge in [0.25, 0.3) is 6.43 Å². The lowest BCUT2D eigenvalue weighted by molar-refractivity contribution is -0.129. The third-order valence-electron chi connectivity index (χ3n) is 5.60. The van der Waals surface area contributed by atoms with Gasteiger partial charge in [-0.2, -0.15) is 0 Å². The van der Waals surface area contributed by atoms with Crippen LogP contribution in [-0.4, -0.2) is 69.4 Å². The number of alkyl halides is 2. The number of pyridine rings is 1. The van der Waals surface area contributed by atoms with Gasteiger partial charge in [-0.3, -0.25) is 14.1 Å². The molecule has 0 spiro atoms. The van der Waals surface area contributed by atoms with Crippen molar-refractivity contribution in [1.82, 2.24) is 14.2 Å². The summed E-state index contributed by atoms with van der Waals surface area (Å²) < 4.78 is 62.9. The molecule has 1 fully saturated rings. The number of nitrogens with zero attached hydrogens (tertiary/aromatic N) is 5. The average molecular weight is 508 g/mol. The summed E-state index contributed by atoms with van der Waals surface area (Å²) in [6, 6.07) is 7.61. The van der Waals surface area contributed by atoms with Crippen molar-refractivity contribution in [3.8, 4) is 0 Å². The standard InChI is InChI=1S/C23H24F3N5O3S/c1-16(32)29-9-11-30(12-10-29)35(33)31(19-3-2-7-27-14-19)15-18-5-4-17(13-20(18)24)23-28-8-6-21(34-23)22(25)26/h2-7,13-14,22H,8-12,15H2,1H3. The summed E-state index contributed by atoms with van der Waals surface area (Å²) in [5, 5.41) is 0. The fraction of sp³-hybridized carbons (Fsp3) is 0.348. The van der Waals surface area contributed by atoms with E-state index >= 15 is 4.39 Å². The molecule has 1 amide bonds. The first kappa shape index (κ1) is 24.9. The quantitative estimate of drug-likeness (QED) is 0.578. The molecular formula is C23H24F3N5O3S. The molecular weight excluding hydrogens is 483 g/mol. The van der Waals surface area contributed by atoms with Gasteiger partial charge in [-0.1, -0.05) is 6.07 Å². The van der Waals surface area contributed by atoms with Gasteiger partial charge in [0.2, 0.25) is 11.8 Å². The van der Waals surface area contributed by atoms with Crippen LogP contribution < -0.4 is 4.31 Å². The lowest BCUT2D eigenvalue weighted by atomic mass is 10.1. The number of carbonyl (C=O) groups excluding carboxylic acids is 1. The molecule has 0 bridgehead atoms. The average Bonchev–Trinajstić information content (AvgIpc) is 2.88. The van der Waals surface area contributed by atoms with E-state index in [4.69, 9.17) is 4.74 Å². The molecule has 1 unspecified atom stereocenters. The summed E-state index contributed by atoms with van der Waals surface area (Å²) in [5.41, 5.74) is 1.01. The van der Waals surface area contributed by atoms with Crippen molar-refractivity contribution in [3.05, 3.63) is 71.5 Å². The van der Waals surface area contributed by atoms with Crippen LogP contribution in [0.3, 0.4) is 0 Å². The molecule has 1 atom stereocenters. The van der Waals surface area contributed by atoms with E-state index in [1.165, 1.54) is 35.5 Å². The van der Waals surface area contributed by atoms with Crippen LogP contribution in [0.1, 0.15) is 18.1 Å². The maximum absolute atomic E-state index is 15.1. The monoisotopic (exact) mass is 507 g/mol. The van der Waals surface area contributed by atoms with Crippen LogP contribution >= 0.6 is 0 Å². The van der Waals surface area contributed by atoms with E-state index in [1.54, 1.807) is 33.7 Å². The second kappa shape index (κ2) is 11.0. The Morgan fingerprint density at radius 3 is 2.63 bits per heavy atom. The molecule has 2 aromatic rings. The minimum atomic E-state index is -2.79. The molecule has 2 aliphatic heterocycles. The van der Waals surface area contributed by atoms with Gasteiger partial charge in [-0.15, -0.1) is 0 Å². The van der Waals surface area contributed by atoms with E-state index in [0.29, 0.717) is 31.9 Å². The Morgan fingerprint density at radius 1 is 1.23 bits per heavy atom. The van der Waals surface area contributed by atoms with E-state index in [2.05, 4.69) is 9.98 Å². The first-order chi connectivity index (χ1) is 16.8. The highest BCUT2D eigenvalue weighted by atomic mass is 32.2. The second-order valence-corrected chi connectivity index (χ2v) is 9.29. The number of aliphatic imine (C=N–C) groups is 1. The zero-order chi connectivity index (χ0) is 24.9. The summed E-state index contributed by atoms with van der Waals surface area (Å²) in [5.74, 6) is -1.24. The summed E-state index contributed by atoms with van der Waals surface area (Å²) in [7, 11) is 0. The van der Waals surface area contributed by atoms with Gasteiger partial charge in [0, 0.05) is 50.4 Å². The van der Waals surface area contributed by atoms with Crippen molar-refractivity contribution in [3.63, 3.8) is 0 Å².